The molecule has 0 aliphatic carbocycles. The lowest BCUT2D eigenvalue weighted by Gasteiger charge is -2.23. The van der Waals surface area contributed by atoms with Crippen LogP contribution in [0.4, 0.5) is 4.79 Å². The number of aryl methyl sites for hydroxylation is 1. The molecule has 1 aliphatic rings. The van der Waals surface area contributed by atoms with E-state index in [1.807, 2.05) is 24.3 Å². The molecule has 0 saturated carbocycles. The lowest BCUT2D eigenvalue weighted by atomic mass is 9.93. The van der Waals surface area contributed by atoms with E-state index in [1.54, 1.807) is 26.2 Å². The van der Waals surface area contributed by atoms with Crippen molar-refractivity contribution in [1.29, 1.82) is 0 Å². The van der Waals surface area contributed by atoms with Crippen LogP contribution in [-0.2, 0) is 11.2 Å². The fourth-order valence-electron chi connectivity index (χ4n) is 3.31. The first-order valence-electron chi connectivity index (χ1n) is 9.75. The number of aliphatic hydroxyl groups is 1. The van der Waals surface area contributed by atoms with Gasteiger partial charge in [-0.3, -0.25) is 9.69 Å². The number of methoxy groups -OCH3 is 1. The Morgan fingerprint density at radius 2 is 1.87 bits per heavy atom. The zero-order chi connectivity index (χ0) is 22.6. The second-order valence-corrected chi connectivity index (χ2v) is 8.41. The van der Waals surface area contributed by atoms with Gasteiger partial charge in [0.15, 0.2) is 0 Å². The fourth-order valence-corrected chi connectivity index (χ4v) is 3.64. The molecule has 3 rings (SSSR count). The molecule has 166 valence electrons. The molecule has 2 aromatic carbocycles. The van der Waals surface area contributed by atoms with Crippen molar-refractivity contribution >= 4 is 35.1 Å². The average molecular weight is 467 g/mol. The molecule has 2 atom stereocenters. The van der Waals surface area contributed by atoms with Crippen molar-refractivity contribution < 1.29 is 24.2 Å². The van der Waals surface area contributed by atoms with Gasteiger partial charge in [0, 0.05) is 11.1 Å². The Hall–Kier alpha value is -2.48. The van der Waals surface area contributed by atoms with Gasteiger partial charge < -0.3 is 19.9 Å². The Labute approximate surface area is 190 Å². The number of hydrogen-bond acceptors (Lipinski definition) is 5. The van der Waals surface area contributed by atoms with Crippen LogP contribution in [0.15, 0.2) is 42.5 Å². The molecule has 7 nitrogen and oxygen atoms in total. The summed E-state index contributed by atoms with van der Waals surface area (Å²) in [5.41, 5.74) is -0.0252. The first-order chi connectivity index (χ1) is 14.7. The van der Waals surface area contributed by atoms with Crippen LogP contribution in [0.3, 0.4) is 0 Å². The third-order valence-corrected chi connectivity index (χ3v) is 5.68. The lowest BCUT2D eigenvalue weighted by Crippen LogP contribution is -2.45. The van der Waals surface area contributed by atoms with Crippen molar-refractivity contribution in [3.8, 4) is 11.5 Å². The minimum Gasteiger partial charge on any atom is -0.497 e. The van der Waals surface area contributed by atoms with Gasteiger partial charge >= 0.3 is 6.03 Å². The molecule has 0 aromatic heterocycles. The van der Waals surface area contributed by atoms with Gasteiger partial charge in [0.2, 0.25) is 0 Å². The molecule has 1 heterocycles. The summed E-state index contributed by atoms with van der Waals surface area (Å²) < 4.78 is 10.6. The molecule has 2 N–H and O–H groups in total. The highest BCUT2D eigenvalue weighted by molar-refractivity contribution is 6.34. The minimum absolute atomic E-state index is 0.153. The number of halogens is 2. The van der Waals surface area contributed by atoms with Crippen LogP contribution in [-0.4, -0.2) is 53.8 Å². The zero-order valence-electron chi connectivity index (χ0n) is 17.2. The highest BCUT2D eigenvalue weighted by atomic mass is 35.5. The largest absolute Gasteiger partial charge is 0.497 e. The number of ether oxygens (including phenoxy) is 2. The predicted octanol–water partition coefficient (Wildman–Crippen LogP) is 3.69. The van der Waals surface area contributed by atoms with Crippen LogP contribution in [0.25, 0.3) is 0 Å². The number of nitrogens with one attached hydrogen (secondary N) is 1. The second kappa shape index (κ2) is 9.77. The normalized spacial score (nSPS) is 19.3. The SMILES string of the molecule is COc1ccc(CC[C@@]2(C)NC(=O)N(C[C@H](O)COc3cc(Cl)ccc3Cl)C2=O)cc1. The van der Waals surface area contributed by atoms with Crippen molar-refractivity contribution in [2.45, 2.75) is 31.4 Å². The molecular weight excluding hydrogens is 443 g/mol. The maximum Gasteiger partial charge on any atom is 0.325 e. The van der Waals surface area contributed by atoms with Crippen LogP contribution in [0.2, 0.25) is 10.0 Å². The van der Waals surface area contributed by atoms with Crippen LogP contribution in [0, 0.1) is 0 Å². The van der Waals surface area contributed by atoms with Crippen LogP contribution < -0.4 is 14.8 Å². The summed E-state index contributed by atoms with van der Waals surface area (Å²) >= 11 is 12.0. The molecule has 0 unspecified atom stereocenters. The molecule has 2 aromatic rings. The van der Waals surface area contributed by atoms with E-state index in [0.29, 0.717) is 28.6 Å². The lowest BCUT2D eigenvalue weighted by molar-refractivity contribution is -0.132. The monoisotopic (exact) mass is 466 g/mol. The van der Waals surface area contributed by atoms with E-state index in [0.717, 1.165) is 16.2 Å². The topological polar surface area (TPSA) is 88.1 Å². The van der Waals surface area contributed by atoms with Crippen molar-refractivity contribution in [3.05, 3.63) is 58.1 Å². The molecule has 3 amide bonds. The standard InChI is InChI=1S/C22H24Cl2N2O5/c1-22(10-9-14-3-6-17(30-2)7-4-14)20(28)26(21(29)25-22)12-16(27)13-31-19-11-15(23)5-8-18(19)24/h3-8,11,16,27H,9-10,12-13H2,1-2H3,(H,25,29)/t16-,22+/m0/s1. The van der Waals surface area contributed by atoms with E-state index in [9.17, 15) is 14.7 Å². The molecule has 0 bridgehead atoms. The van der Waals surface area contributed by atoms with Gasteiger partial charge in [-0.1, -0.05) is 35.3 Å². The predicted molar refractivity (Wildman–Crippen MR) is 118 cm³/mol. The Bertz CT molecular complexity index is 953. The Morgan fingerprint density at radius 1 is 1.16 bits per heavy atom. The highest BCUT2D eigenvalue weighted by Gasteiger charge is 2.47. The molecule has 31 heavy (non-hydrogen) atoms. The van der Waals surface area contributed by atoms with Gasteiger partial charge in [-0.15, -0.1) is 0 Å². The summed E-state index contributed by atoms with van der Waals surface area (Å²) in [7, 11) is 1.60. The van der Waals surface area contributed by atoms with Gasteiger partial charge in [-0.05, 0) is 49.6 Å². The third kappa shape index (κ3) is 5.61. The average Bonchev–Trinajstić information content (AvgIpc) is 2.96. The summed E-state index contributed by atoms with van der Waals surface area (Å²) in [6.45, 7) is 1.34. The van der Waals surface area contributed by atoms with E-state index >= 15 is 0 Å². The number of aliphatic hydroxyl groups excluding tert-OH is 1. The van der Waals surface area contributed by atoms with Gasteiger partial charge in [0.25, 0.3) is 5.91 Å². The van der Waals surface area contributed by atoms with Crippen LogP contribution in [0.5, 0.6) is 11.5 Å². The van der Waals surface area contributed by atoms with Crippen LogP contribution in [0.1, 0.15) is 18.9 Å². The third-order valence-electron chi connectivity index (χ3n) is 5.14. The van der Waals surface area contributed by atoms with Gasteiger partial charge in [0.05, 0.1) is 18.7 Å². The van der Waals surface area contributed by atoms with Crippen molar-refractivity contribution in [2.75, 3.05) is 20.3 Å². The number of imide groups is 1. The highest BCUT2D eigenvalue weighted by Crippen LogP contribution is 2.28. The van der Waals surface area contributed by atoms with E-state index in [2.05, 4.69) is 5.32 Å². The number of amides is 3. The Balaban J connectivity index is 1.56. The smallest absolute Gasteiger partial charge is 0.325 e. The van der Waals surface area contributed by atoms with Crippen molar-refractivity contribution in [2.24, 2.45) is 0 Å². The summed E-state index contributed by atoms with van der Waals surface area (Å²) in [6.07, 6.45) is -0.0709. The fraction of sp³-hybridized carbons (Fsp3) is 0.364. The minimum atomic E-state index is -1.09. The zero-order valence-corrected chi connectivity index (χ0v) is 18.7. The van der Waals surface area contributed by atoms with E-state index in [4.69, 9.17) is 32.7 Å². The number of carbonyl (C=O) groups excluding carboxylic acids is 2. The number of benzene rings is 2. The molecule has 1 fully saturated rings. The number of nitrogens with zero attached hydrogens (tertiary/aromatic N) is 1. The van der Waals surface area contributed by atoms with Gasteiger partial charge in [-0.25, -0.2) is 4.79 Å². The van der Waals surface area contributed by atoms with Gasteiger partial charge in [0.1, 0.15) is 29.7 Å². The molecule has 0 radical (unpaired) electrons. The number of hydrogen-bond donors (Lipinski definition) is 2. The quantitative estimate of drug-likeness (QED) is 0.550. The maximum absolute atomic E-state index is 12.9. The summed E-state index contributed by atoms with van der Waals surface area (Å²) in [5.74, 6) is 0.683. The molecular formula is C22H24Cl2N2O5. The Kier molecular flexibility index (Phi) is 7.30. The van der Waals surface area contributed by atoms with E-state index in [1.165, 1.54) is 6.07 Å². The molecule has 1 saturated heterocycles. The first kappa shape index (κ1) is 23.2. The second-order valence-electron chi connectivity index (χ2n) is 7.57. The number of carbonyl (C=O) groups is 2. The molecule has 9 heteroatoms. The number of β-amino-alcohol motifs (C(OH)–C–C–N with tert-alkyl or cyclic N) is 1. The van der Waals surface area contributed by atoms with E-state index < -0.39 is 17.7 Å². The number of urea groups is 1. The maximum atomic E-state index is 12.9. The molecule has 1 aliphatic heterocycles. The van der Waals surface area contributed by atoms with Crippen molar-refractivity contribution in [3.63, 3.8) is 0 Å². The van der Waals surface area contributed by atoms with Gasteiger partial charge in [-0.2, -0.15) is 0 Å². The van der Waals surface area contributed by atoms with Crippen LogP contribution >= 0.6 is 23.2 Å². The summed E-state index contributed by atoms with van der Waals surface area (Å²) in [6, 6.07) is 11.7. The first-order valence-corrected chi connectivity index (χ1v) is 10.5. The summed E-state index contributed by atoms with van der Waals surface area (Å²) in [5, 5.41) is 13.8. The Morgan fingerprint density at radius 3 is 2.55 bits per heavy atom. The summed E-state index contributed by atoms with van der Waals surface area (Å²) in [4.78, 5) is 26.3. The van der Waals surface area contributed by atoms with Crippen molar-refractivity contribution in [1.82, 2.24) is 10.2 Å². The van der Waals surface area contributed by atoms with E-state index in [-0.39, 0.29) is 19.1 Å². The molecule has 0 spiro atoms. The number of rotatable bonds is 9.